The second-order valence-corrected chi connectivity index (χ2v) is 11.6. The van der Waals surface area contributed by atoms with E-state index in [1.807, 2.05) is 36.4 Å². The summed E-state index contributed by atoms with van der Waals surface area (Å²) in [5.41, 5.74) is 3.26. The van der Waals surface area contributed by atoms with Gasteiger partial charge in [0.1, 0.15) is 14.6 Å². The van der Waals surface area contributed by atoms with E-state index in [1.54, 1.807) is 0 Å². The molecule has 3 heterocycles. The Morgan fingerprint density at radius 1 is 0.676 bits per heavy atom. The van der Waals surface area contributed by atoms with Crippen LogP contribution < -0.4 is 10.6 Å². The van der Waals surface area contributed by atoms with Gasteiger partial charge in [-0.2, -0.15) is 0 Å². The molecule has 0 bridgehead atoms. The Labute approximate surface area is 218 Å². The third-order valence-electron chi connectivity index (χ3n) is 6.08. The van der Waals surface area contributed by atoms with Crippen LogP contribution in [0.15, 0.2) is 136 Å². The van der Waals surface area contributed by atoms with Crippen molar-refractivity contribution < 1.29 is 0 Å². The lowest BCUT2D eigenvalue weighted by Gasteiger charge is -2.43. The average Bonchev–Trinajstić information content (AvgIpc) is 2.87. The van der Waals surface area contributed by atoms with Crippen LogP contribution in [-0.4, -0.2) is 9.97 Å². The molecule has 166 valence electrons. The fourth-order valence-corrected chi connectivity index (χ4v) is 8.18. The zero-order valence-electron chi connectivity index (χ0n) is 18.3. The maximum atomic E-state index is 4.99. The summed E-state index contributed by atoms with van der Waals surface area (Å²) in [6.07, 6.45) is 3.97. The lowest BCUT2D eigenvalue weighted by Crippen LogP contribution is -2.41. The van der Waals surface area contributed by atoms with Crippen molar-refractivity contribution in [3.8, 4) is 0 Å². The molecular weight excluding hydrogens is 567 g/mol. The summed E-state index contributed by atoms with van der Waals surface area (Å²) < 4.78 is 1.55. The number of halogens is 2. The van der Waals surface area contributed by atoms with Gasteiger partial charge in [-0.3, -0.25) is 0 Å². The number of hydrogen-bond donors (Lipinski definition) is 0. The number of aromatic nitrogens is 2. The number of allylic oxidation sites excluding steroid dienone is 4. The smallest absolute Gasteiger partial charge is 0.106 e. The molecule has 4 aromatic rings. The maximum Gasteiger partial charge on any atom is 0.106 e. The van der Waals surface area contributed by atoms with Gasteiger partial charge in [-0.05, 0) is 91.1 Å². The van der Waals surface area contributed by atoms with Gasteiger partial charge >= 0.3 is 0 Å². The van der Waals surface area contributed by atoms with Gasteiger partial charge in [0.05, 0.1) is 11.4 Å². The number of rotatable bonds is 5. The highest BCUT2D eigenvalue weighted by molar-refractivity contribution is 9.10. The molecule has 0 saturated carbocycles. The molecule has 2 nitrogen and oxygen atoms in total. The molecule has 0 N–H and O–H groups in total. The Morgan fingerprint density at radius 3 is 1.82 bits per heavy atom. The molecule has 0 amide bonds. The molecule has 34 heavy (non-hydrogen) atoms. The van der Waals surface area contributed by atoms with Crippen molar-refractivity contribution in [1.29, 1.82) is 0 Å². The van der Waals surface area contributed by atoms with Gasteiger partial charge in [-0.25, -0.2) is 9.97 Å². The Balaban J connectivity index is 1.99. The van der Waals surface area contributed by atoms with Crippen LogP contribution in [0.1, 0.15) is 17.0 Å². The molecule has 0 radical (unpaired) electrons. The van der Waals surface area contributed by atoms with Crippen molar-refractivity contribution >= 4 is 50.4 Å². The van der Waals surface area contributed by atoms with E-state index >= 15 is 0 Å². The molecule has 5 heteroatoms. The minimum Gasteiger partial charge on any atom is -0.244 e. The molecule has 1 unspecified atom stereocenters. The van der Waals surface area contributed by atoms with Gasteiger partial charge in [-0.1, -0.05) is 92.0 Å². The maximum absolute atomic E-state index is 4.99. The number of pyridine rings is 2. The van der Waals surface area contributed by atoms with E-state index in [0.29, 0.717) is 0 Å². The van der Waals surface area contributed by atoms with Gasteiger partial charge in [0.2, 0.25) is 0 Å². The first-order valence-electron chi connectivity index (χ1n) is 10.8. The fraction of sp³-hybridized carbons (Fsp3) is 0.0345. The summed E-state index contributed by atoms with van der Waals surface area (Å²) in [5.74, 6) is 0. The molecule has 0 spiro atoms. The highest BCUT2D eigenvalue weighted by Gasteiger charge is 2.49. The van der Waals surface area contributed by atoms with Crippen LogP contribution in [0.3, 0.4) is 0 Å². The van der Waals surface area contributed by atoms with Gasteiger partial charge in [0.25, 0.3) is 0 Å². The summed E-state index contributed by atoms with van der Waals surface area (Å²) in [4.78, 5) is 9.98. The third kappa shape index (κ3) is 3.65. The average molecular weight is 588 g/mol. The van der Waals surface area contributed by atoms with E-state index in [9.17, 15) is 0 Å². The van der Waals surface area contributed by atoms with Crippen LogP contribution in [0.4, 0.5) is 0 Å². The standard InChI is InChI=1S/C29H21Br2N2P/c1-3-21-23(4-2)34(20-12-6-5-7-13-20)24-15-9-8-14-22(24)29(21,25-16-10-18-27(30)32-25)26-17-11-19-28(31)33-26/h3-19H,1-2H2. The fourth-order valence-electron chi connectivity index (χ4n) is 4.80. The third-order valence-corrected chi connectivity index (χ3v) is 9.56. The van der Waals surface area contributed by atoms with Crippen LogP contribution in [0.5, 0.6) is 0 Å². The van der Waals surface area contributed by atoms with Crippen LogP contribution >= 0.6 is 39.8 Å². The van der Waals surface area contributed by atoms with Crippen LogP contribution in [0, 0.1) is 0 Å². The van der Waals surface area contributed by atoms with E-state index < -0.39 is 13.3 Å². The van der Waals surface area contributed by atoms with E-state index in [4.69, 9.17) is 9.97 Å². The van der Waals surface area contributed by atoms with Crippen LogP contribution in [0.2, 0.25) is 0 Å². The lowest BCUT2D eigenvalue weighted by molar-refractivity contribution is 0.682. The highest BCUT2D eigenvalue weighted by Crippen LogP contribution is 2.58. The second-order valence-electron chi connectivity index (χ2n) is 7.84. The van der Waals surface area contributed by atoms with Crippen molar-refractivity contribution in [1.82, 2.24) is 9.97 Å². The first-order valence-corrected chi connectivity index (χ1v) is 13.7. The number of fused-ring (bicyclic) bond motifs is 1. The minimum atomic E-state index is -0.835. The first-order chi connectivity index (χ1) is 16.6. The number of benzene rings is 2. The zero-order valence-corrected chi connectivity index (χ0v) is 22.4. The van der Waals surface area contributed by atoms with Crippen molar-refractivity contribution in [3.63, 3.8) is 0 Å². The van der Waals surface area contributed by atoms with E-state index in [1.165, 1.54) is 21.5 Å². The summed E-state index contributed by atoms with van der Waals surface area (Å²) in [7, 11) is -0.835. The lowest BCUT2D eigenvalue weighted by atomic mass is 9.68. The molecule has 1 aliphatic rings. The molecular formula is C29H21Br2N2P. The van der Waals surface area contributed by atoms with Gasteiger partial charge in [-0.15, -0.1) is 0 Å². The minimum absolute atomic E-state index is 0.747. The predicted molar refractivity (Wildman–Crippen MR) is 150 cm³/mol. The Morgan fingerprint density at radius 2 is 1.26 bits per heavy atom. The normalized spacial score (nSPS) is 16.6. The van der Waals surface area contributed by atoms with Crippen LogP contribution in [0.25, 0.3) is 0 Å². The van der Waals surface area contributed by atoms with Crippen molar-refractivity contribution in [2.24, 2.45) is 0 Å². The van der Waals surface area contributed by atoms with Crippen molar-refractivity contribution in [3.05, 3.63) is 153 Å². The Kier molecular flexibility index (Phi) is 6.48. The molecule has 0 aliphatic carbocycles. The molecule has 0 fully saturated rings. The van der Waals surface area contributed by atoms with E-state index in [0.717, 1.165) is 26.2 Å². The van der Waals surface area contributed by atoms with Gasteiger partial charge < -0.3 is 0 Å². The van der Waals surface area contributed by atoms with Gasteiger partial charge in [0, 0.05) is 0 Å². The summed E-state index contributed by atoms with van der Waals surface area (Å²) in [6.45, 7) is 8.57. The monoisotopic (exact) mass is 586 g/mol. The van der Waals surface area contributed by atoms with Crippen molar-refractivity contribution in [2.45, 2.75) is 5.41 Å². The summed E-state index contributed by atoms with van der Waals surface area (Å²) in [6, 6.07) is 31.4. The molecule has 2 aromatic heterocycles. The summed E-state index contributed by atoms with van der Waals surface area (Å²) in [5, 5.41) is 3.71. The molecule has 0 saturated heterocycles. The van der Waals surface area contributed by atoms with Crippen LogP contribution in [-0.2, 0) is 5.41 Å². The molecule has 1 atom stereocenters. The molecule has 2 aromatic carbocycles. The summed E-state index contributed by atoms with van der Waals surface area (Å²) >= 11 is 7.21. The largest absolute Gasteiger partial charge is 0.244 e. The number of nitrogens with zero attached hydrogens (tertiary/aromatic N) is 2. The second kappa shape index (κ2) is 9.54. The van der Waals surface area contributed by atoms with Gasteiger partial charge in [0.15, 0.2) is 0 Å². The SMILES string of the molecule is C=CC1=C(C=C)C(c2cccc(Br)n2)(c2cccc(Br)n2)c2ccccc2P1c1ccccc1. The first kappa shape index (κ1) is 23.1. The van der Waals surface area contributed by atoms with E-state index in [-0.39, 0.29) is 0 Å². The Bertz CT molecular complexity index is 1380. The Hall–Kier alpha value is -2.65. The topological polar surface area (TPSA) is 25.8 Å². The quantitative estimate of drug-likeness (QED) is 0.179. The zero-order chi connectivity index (χ0) is 23.7. The highest BCUT2D eigenvalue weighted by atomic mass is 79.9. The molecule has 5 rings (SSSR count). The van der Waals surface area contributed by atoms with Crippen molar-refractivity contribution in [2.75, 3.05) is 0 Å². The molecule has 1 aliphatic heterocycles. The van der Waals surface area contributed by atoms with E-state index in [2.05, 4.69) is 112 Å². The number of hydrogen-bond acceptors (Lipinski definition) is 2. The predicted octanol–water partition coefficient (Wildman–Crippen LogP) is 7.41.